The molecule has 0 aliphatic rings. The zero-order valence-electron chi connectivity index (χ0n) is 62.0. The molecule has 12 rings (SSSR count). The second kappa shape index (κ2) is 44.7. The van der Waals surface area contributed by atoms with Crippen LogP contribution in [0.2, 0.25) is 0 Å². The van der Waals surface area contributed by atoms with E-state index in [2.05, 4.69) is 229 Å². The fourth-order valence-corrected chi connectivity index (χ4v) is 10.3. The lowest BCUT2D eigenvalue weighted by Gasteiger charge is -2.08. The van der Waals surface area contributed by atoms with Crippen molar-refractivity contribution in [2.24, 2.45) is 0 Å². The first-order valence-corrected chi connectivity index (χ1v) is 36.2. The van der Waals surface area contributed by atoms with Gasteiger partial charge in [0.25, 0.3) is 0 Å². The molecule has 0 aliphatic heterocycles. The van der Waals surface area contributed by atoms with Gasteiger partial charge in [-0.25, -0.2) is 0 Å². The van der Waals surface area contributed by atoms with Gasteiger partial charge in [-0.3, -0.25) is 0 Å². The van der Waals surface area contributed by atoms with E-state index in [1.165, 1.54) is 87.7 Å². The van der Waals surface area contributed by atoms with Crippen molar-refractivity contribution >= 4 is 11.8 Å². The fraction of sp³-hybridized carbons (Fsp3) is 0.234. The van der Waals surface area contributed by atoms with E-state index in [1.54, 1.807) is 11.8 Å². The molecule has 12 aromatic rings. The van der Waals surface area contributed by atoms with Gasteiger partial charge >= 0.3 is 0 Å². The van der Waals surface area contributed by atoms with Crippen LogP contribution in [0, 0.1) is 83.1 Å². The molecule has 7 nitrogen and oxygen atoms in total. The molecular weight excluding hydrogens is 1270 g/mol. The molecule has 0 heterocycles. The summed E-state index contributed by atoms with van der Waals surface area (Å²) in [5.41, 5.74) is 18.0. The topological polar surface area (TPSA) is 64.6 Å². The monoisotopic (exact) mass is 1380 g/mol. The molecule has 0 bridgehead atoms. The summed E-state index contributed by atoms with van der Waals surface area (Å²) in [6, 6.07) is 99.4. The van der Waals surface area contributed by atoms with E-state index in [4.69, 9.17) is 33.2 Å². The molecule has 0 aliphatic carbocycles. The third-order valence-corrected chi connectivity index (χ3v) is 16.9. The van der Waals surface area contributed by atoms with E-state index in [9.17, 15) is 0 Å². The maximum absolute atomic E-state index is 5.69. The van der Waals surface area contributed by atoms with Crippen LogP contribution in [0.15, 0.2) is 301 Å². The summed E-state index contributed by atoms with van der Waals surface area (Å²) in [5, 5.41) is 0. The molecule has 0 radical (unpaired) electrons. The van der Waals surface area contributed by atoms with Crippen molar-refractivity contribution in [3.63, 3.8) is 0 Å². The Morgan fingerprint density at radius 1 is 0.176 bits per heavy atom. The second-order valence-corrected chi connectivity index (χ2v) is 26.8. The predicted octanol–water partition coefficient (Wildman–Crippen LogP) is 24.9. The van der Waals surface area contributed by atoms with E-state index >= 15 is 0 Å². The lowest BCUT2D eigenvalue weighted by atomic mass is 10.0. The van der Waals surface area contributed by atoms with Gasteiger partial charge in [0, 0.05) is 16.2 Å². The Labute approximate surface area is 614 Å². The van der Waals surface area contributed by atoms with Crippen LogP contribution in [0.1, 0.15) is 97.2 Å². The van der Waals surface area contributed by atoms with Crippen LogP contribution in [0.5, 0.6) is 46.0 Å². The van der Waals surface area contributed by atoms with Crippen molar-refractivity contribution in [3.05, 3.63) is 369 Å². The summed E-state index contributed by atoms with van der Waals surface area (Å²) in [6.07, 6.45) is 3.90. The molecule has 0 fully saturated rings. The maximum atomic E-state index is 5.69. The SMILES string of the molecule is Cc1ccc(Cc2ccc(C)cc2)cc1.Cc1ccc(OCCCCOc2ccc(C)cc2)cc1.Cc1ccc(OCCCOc2ccc(C)cc2)cc1.Cc1ccc(OCCOc2ccc(C)cc2)cc1.Cc1ccc(Oc2ccc(C)cc2)cc1.Cc1ccc(Sc2ccc(C)cc2)cc1. The minimum atomic E-state index is 0.553. The van der Waals surface area contributed by atoms with Gasteiger partial charge in [-0.2, -0.15) is 0 Å². The lowest BCUT2D eigenvalue weighted by molar-refractivity contribution is 0.217. The van der Waals surface area contributed by atoms with Gasteiger partial charge in [-0.05, 0) is 235 Å². The fourth-order valence-electron chi connectivity index (χ4n) is 9.49. The van der Waals surface area contributed by atoms with Crippen molar-refractivity contribution in [2.45, 2.75) is 119 Å². The Balaban J connectivity index is 0.000000172. The summed E-state index contributed by atoms with van der Waals surface area (Å²) in [5.74, 6) is 7.24. The summed E-state index contributed by atoms with van der Waals surface area (Å²) in [7, 11) is 0. The highest BCUT2D eigenvalue weighted by Crippen LogP contribution is 2.28. The summed E-state index contributed by atoms with van der Waals surface area (Å²) < 4.78 is 39.5. The van der Waals surface area contributed by atoms with Gasteiger partial charge in [-0.1, -0.05) is 248 Å². The Morgan fingerprint density at radius 3 is 0.559 bits per heavy atom. The molecule has 528 valence electrons. The second-order valence-electron chi connectivity index (χ2n) is 25.6. The van der Waals surface area contributed by atoms with Crippen LogP contribution in [-0.2, 0) is 6.42 Å². The first-order chi connectivity index (χ1) is 49.4. The largest absolute Gasteiger partial charge is 0.494 e. The standard InChI is InChI=1S/C18H22O2.C17H20O2.C16H18O2.C15H16.C14H14O.C14H14S/c1-15-5-9-17(10-6-15)19-13-3-4-14-20-18-11-7-16(2)8-12-18;1-14-4-8-16(9-5-14)18-12-3-13-19-17-10-6-15(2)7-11-17;1-13-3-7-15(8-4-13)17-11-12-18-16-9-5-14(2)6-10-16;1-12-3-7-14(8-4-12)11-15-9-5-13(2)6-10-15;2*1-11-3-7-13(8-4-11)15-14-9-5-12(2)6-10-14/h5-12H,3-4,13-14H2,1-2H3;4-11H,3,12-13H2,1-2H3;3-10H,11-12H2,1-2H3;3-10H,11H2,1-2H3;2*3-10H,1-2H3. The van der Waals surface area contributed by atoms with Gasteiger partial charge in [0.1, 0.15) is 59.2 Å². The lowest BCUT2D eigenvalue weighted by Crippen LogP contribution is -2.08. The van der Waals surface area contributed by atoms with Crippen molar-refractivity contribution in [1.29, 1.82) is 0 Å². The van der Waals surface area contributed by atoms with Gasteiger partial charge in [0.2, 0.25) is 0 Å². The first-order valence-electron chi connectivity index (χ1n) is 35.3. The Kier molecular flexibility index (Phi) is 34.6. The number of hydrogen-bond acceptors (Lipinski definition) is 8. The van der Waals surface area contributed by atoms with Crippen molar-refractivity contribution in [3.8, 4) is 46.0 Å². The van der Waals surface area contributed by atoms with E-state index in [-0.39, 0.29) is 0 Å². The molecule has 8 heteroatoms. The van der Waals surface area contributed by atoms with Crippen LogP contribution >= 0.6 is 11.8 Å². The molecule has 0 N–H and O–H groups in total. The van der Waals surface area contributed by atoms with Crippen molar-refractivity contribution in [1.82, 2.24) is 0 Å². The van der Waals surface area contributed by atoms with Crippen LogP contribution < -0.4 is 33.2 Å². The van der Waals surface area contributed by atoms with Gasteiger partial charge in [0.15, 0.2) is 0 Å². The molecular formula is C94H104O7S. The first kappa shape index (κ1) is 78.9. The van der Waals surface area contributed by atoms with Gasteiger partial charge in [0.05, 0.1) is 26.4 Å². The number of benzene rings is 12. The predicted molar refractivity (Wildman–Crippen MR) is 428 cm³/mol. The summed E-state index contributed by atoms with van der Waals surface area (Å²) in [4.78, 5) is 2.59. The zero-order chi connectivity index (χ0) is 72.5. The van der Waals surface area contributed by atoms with E-state index in [0.717, 1.165) is 84.9 Å². The minimum Gasteiger partial charge on any atom is -0.494 e. The third-order valence-electron chi connectivity index (χ3n) is 15.9. The molecule has 0 saturated heterocycles. The molecule has 0 atom stereocenters. The molecule has 0 amide bonds. The van der Waals surface area contributed by atoms with Crippen LogP contribution in [0.25, 0.3) is 0 Å². The molecule has 0 unspecified atom stereocenters. The summed E-state index contributed by atoms with van der Waals surface area (Å²) >= 11 is 1.80. The smallest absolute Gasteiger partial charge is 0.127 e. The molecule has 12 aromatic carbocycles. The number of unbranched alkanes of at least 4 members (excludes halogenated alkanes) is 1. The van der Waals surface area contributed by atoms with E-state index in [0.29, 0.717) is 26.4 Å². The Morgan fingerprint density at radius 2 is 0.343 bits per heavy atom. The molecule has 0 saturated carbocycles. The quantitative estimate of drug-likeness (QED) is 0.0555. The zero-order valence-corrected chi connectivity index (χ0v) is 62.9. The number of rotatable bonds is 24. The van der Waals surface area contributed by atoms with Crippen LogP contribution in [-0.4, -0.2) is 39.6 Å². The molecule has 102 heavy (non-hydrogen) atoms. The van der Waals surface area contributed by atoms with E-state index < -0.39 is 0 Å². The average Bonchev–Trinajstić information content (AvgIpc) is 1.13. The maximum Gasteiger partial charge on any atom is 0.127 e. The number of ether oxygens (including phenoxy) is 7. The average molecular weight is 1380 g/mol. The van der Waals surface area contributed by atoms with Crippen LogP contribution in [0.3, 0.4) is 0 Å². The normalized spacial score (nSPS) is 10.2. The van der Waals surface area contributed by atoms with Crippen LogP contribution in [0.4, 0.5) is 0 Å². The third kappa shape index (κ3) is 33.2. The van der Waals surface area contributed by atoms with Crippen molar-refractivity contribution < 1.29 is 33.2 Å². The van der Waals surface area contributed by atoms with Gasteiger partial charge in [-0.15, -0.1) is 0 Å². The van der Waals surface area contributed by atoms with Gasteiger partial charge < -0.3 is 33.2 Å². The minimum absolute atomic E-state index is 0.553. The van der Waals surface area contributed by atoms with Crippen molar-refractivity contribution in [2.75, 3.05) is 39.6 Å². The molecule has 0 spiro atoms. The Bertz CT molecular complexity index is 3690. The number of hydrogen-bond donors (Lipinski definition) is 0. The van der Waals surface area contributed by atoms with E-state index in [1.807, 2.05) is 146 Å². The summed E-state index contributed by atoms with van der Waals surface area (Å²) in [6.45, 7) is 28.9. The highest BCUT2D eigenvalue weighted by molar-refractivity contribution is 7.99. The Hall–Kier alpha value is -10.4. The molecule has 0 aromatic heterocycles. The number of aryl methyl sites for hydroxylation is 12. The highest BCUT2D eigenvalue weighted by Gasteiger charge is 2.03. The highest BCUT2D eigenvalue weighted by atomic mass is 32.2.